The van der Waals surface area contributed by atoms with E-state index in [0.29, 0.717) is 0 Å². The first-order chi connectivity index (χ1) is 19.5. The van der Waals surface area contributed by atoms with Crippen molar-refractivity contribution >= 4 is 10.2 Å². The number of rotatable bonds is 8. The quantitative estimate of drug-likeness (QED) is 0.278. The second-order valence-corrected chi connectivity index (χ2v) is 9.58. The largest absolute Gasteiger partial charge is 0.440 e. The highest BCUT2D eigenvalue weighted by Crippen LogP contribution is 2.60. The molecule has 258 valence electrons. The first-order valence-electron chi connectivity index (χ1n) is 11.5. The summed E-state index contributed by atoms with van der Waals surface area (Å²) in [4.78, 5) is 0. The second-order valence-electron chi connectivity index (χ2n) is 8.19. The first-order valence-corrected chi connectivity index (χ1v) is 12.9. The minimum absolute atomic E-state index is 0.0367. The summed E-state index contributed by atoms with van der Waals surface area (Å²) >= 11 is 0. The van der Waals surface area contributed by atoms with Crippen molar-refractivity contribution in [2.45, 2.75) is 47.5 Å². The molecule has 0 saturated carbocycles. The highest BCUT2D eigenvalue weighted by molar-refractivity contribution is 7.87. The third-order valence-electron chi connectivity index (χ3n) is 5.18. The molecule has 9 nitrogen and oxygen atoms in total. The minimum Gasteiger partial charge on any atom is -0.377 e. The molecule has 3 unspecified atom stereocenters. The van der Waals surface area contributed by atoms with Gasteiger partial charge in [0.15, 0.2) is 0 Å². The van der Waals surface area contributed by atoms with Crippen LogP contribution in [0.25, 0.3) is 0 Å². The third kappa shape index (κ3) is 9.36. The Morgan fingerprint density at radius 2 is 1.00 bits per heavy atom. The summed E-state index contributed by atoms with van der Waals surface area (Å²) in [6, 6.07) is 0. The summed E-state index contributed by atoms with van der Waals surface area (Å²) < 4.78 is 245. The van der Waals surface area contributed by atoms with Gasteiger partial charge in [0.25, 0.3) is 6.36 Å². The predicted octanol–water partition coefficient (Wildman–Crippen LogP) is 3.81. The van der Waals surface area contributed by atoms with Crippen LogP contribution in [0.15, 0.2) is 0 Å². The average Bonchev–Trinajstić information content (AvgIpc) is 2.86. The van der Waals surface area contributed by atoms with E-state index in [1.165, 1.54) is 0 Å². The van der Waals surface area contributed by atoms with Gasteiger partial charge in [0.05, 0.1) is 72.7 Å². The molecular weight excluding hydrogens is 670 g/mol. The van der Waals surface area contributed by atoms with Crippen LogP contribution in [0.2, 0.25) is 0 Å². The Labute approximate surface area is 233 Å². The van der Waals surface area contributed by atoms with E-state index >= 15 is 0 Å². The van der Waals surface area contributed by atoms with Gasteiger partial charge < -0.3 is 28.4 Å². The lowest BCUT2D eigenvalue weighted by Crippen LogP contribution is -2.73. The van der Waals surface area contributed by atoms with Crippen LogP contribution in [-0.4, -0.2) is 129 Å². The van der Waals surface area contributed by atoms with Crippen molar-refractivity contribution in [1.29, 1.82) is 0 Å². The van der Waals surface area contributed by atoms with Crippen molar-refractivity contribution in [3.63, 3.8) is 0 Å². The molecule has 24 heteroatoms. The van der Waals surface area contributed by atoms with Gasteiger partial charge in [-0.15, -0.1) is 0 Å². The van der Waals surface area contributed by atoms with Crippen molar-refractivity contribution < 1.29 is 103 Å². The van der Waals surface area contributed by atoms with Crippen LogP contribution in [0.1, 0.15) is 0 Å². The lowest BCUT2D eigenvalue weighted by Gasteiger charge is -2.41. The van der Waals surface area contributed by atoms with Gasteiger partial charge in [0.2, 0.25) is 0 Å². The van der Waals surface area contributed by atoms with E-state index in [4.69, 9.17) is 23.7 Å². The van der Waals surface area contributed by atoms with Gasteiger partial charge in [-0.3, -0.25) is 4.74 Å². The molecular formula is C19H24F14O9S. The monoisotopic (exact) mass is 694 g/mol. The average molecular weight is 694 g/mol. The maximum atomic E-state index is 14.7. The van der Waals surface area contributed by atoms with Crippen molar-refractivity contribution in [1.82, 2.24) is 0 Å². The molecule has 1 aliphatic rings. The standard InChI is InChI=1S/C19H24F14O9S/c20-13(42-18(29,30)15(23,17(26,27)28)16(24,25)19(31,32)43(33,34)35)14(21,22)12-11-40-8-7-38-4-3-36-1-2-37-5-6-39-9-10-41-12/h12-13H,1-11H2. The van der Waals surface area contributed by atoms with E-state index in [2.05, 4.69) is 9.47 Å². The molecule has 0 aromatic rings. The lowest BCUT2D eigenvalue weighted by molar-refractivity contribution is -0.466. The maximum absolute atomic E-state index is 14.7. The molecule has 0 aliphatic carbocycles. The summed E-state index contributed by atoms with van der Waals surface area (Å²) in [5, 5.41) is -7.90. The number of ether oxygens (including phenoxy) is 7. The molecule has 0 bridgehead atoms. The fourth-order valence-corrected chi connectivity index (χ4v) is 3.35. The molecule has 1 heterocycles. The number of hydrogen-bond acceptors (Lipinski definition) is 9. The van der Waals surface area contributed by atoms with E-state index in [1.54, 1.807) is 0 Å². The van der Waals surface area contributed by atoms with Crippen molar-refractivity contribution in [2.24, 2.45) is 0 Å². The highest BCUT2D eigenvalue weighted by atomic mass is 32.3. The molecule has 0 N–H and O–H groups in total. The zero-order chi connectivity index (χ0) is 33.4. The van der Waals surface area contributed by atoms with Gasteiger partial charge >= 0.3 is 45.3 Å². The molecule has 43 heavy (non-hydrogen) atoms. The molecule has 3 atom stereocenters. The molecule has 0 aromatic heterocycles. The van der Waals surface area contributed by atoms with Crippen LogP contribution in [-0.2, 0) is 43.4 Å². The predicted molar refractivity (Wildman–Crippen MR) is 110 cm³/mol. The van der Waals surface area contributed by atoms with Crippen LogP contribution < -0.4 is 0 Å². The Kier molecular flexibility index (Phi) is 14.1. The summed E-state index contributed by atoms with van der Waals surface area (Å²) in [5.74, 6) is -14.0. The molecule has 1 fully saturated rings. The molecule has 1 rings (SSSR count). The van der Waals surface area contributed by atoms with Crippen molar-refractivity contribution in [2.75, 3.05) is 72.7 Å². The topological polar surface area (TPSA) is 98.8 Å². The van der Waals surface area contributed by atoms with Gasteiger partial charge in [0.1, 0.15) is 6.10 Å². The van der Waals surface area contributed by atoms with Crippen LogP contribution in [0.5, 0.6) is 0 Å². The Morgan fingerprint density at radius 1 is 0.628 bits per heavy atom. The zero-order valence-corrected chi connectivity index (χ0v) is 22.1. The fourth-order valence-electron chi connectivity index (χ4n) is 2.90. The SMILES string of the molecule is O=S(=O)(F)C(F)(F)C(F)(F)C(F)(C(F)(F)F)C(F)(F)OC(F)C(F)(F)C1COCCOCCOCCOCCOCCO1. The summed E-state index contributed by atoms with van der Waals surface area (Å²) in [5.41, 5.74) is -8.32. The smallest absolute Gasteiger partial charge is 0.377 e. The maximum Gasteiger partial charge on any atom is 0.440 e. The summed E-state index contributed by atoms with van der Waals surface area (Å²) in [7, 11) is -8.30. The van der Waals surface area contributed by atoms with E-state index in [0.717, 1.165) is 0 Å². The normalized spacial score (nSPS) is 23.5. The van der Waals surface area contributed by atoms with Gasteiger partial charge in [0, 0.05) is 0 Å². The van der Waals surface area contributed by atoms with E-state index in [9.17, 15) is 69.4 Å². The molecule has 0 aromatic carbocycles. The van der Waals surface area contributed by atoms with Gasteiger partial charge in [-0.2, -0.15) is 56.7 Å². The Bertz CT molecular complexity index is 936. The number of hydrogen-bond donors (Lipinski definition) is 0. The summed E-state index contributed by atoms with van der Waals surface area (Å²) in [6.45, 7) is -3.97. The van der Waals surface area contributed by atoms with Crippen molar-refractivity contribution in [3.05, 3.63) is 0 Å². The molecule has 1 aliphatic heterocycles. The highest BCUT2D eigenvalue weighted by Gasteiger charge is 2.93. The Balaban J connectivity index is 3.26. The van der Waals surface area contributed by atoms with Crippen LogP contribution >= 0.6 is 0 Å². The lowest BCUT2D eigenvalue weighted by atomic mass is 9.95. The Hall–Kier alpha value is -1.31. The van der Waals surface area contributed by atoms with Crippen LogP contribution in [0, 0.1) is 0 Å². The fraction of sp³-hybridized carbons (Fsp3) is 1.00. The minimum atomic E-state index is -8.34. The van der Waals surface area contributed by atoms with Crippen LogP contribution in [0.4, 0.5) is 61.0 Å². The molecule has 0 spiro atoms. The van der Waals surface area contributed by atoms with E-state index in [1.807, 2.05) is 0 Å². The molecule has 1 saturated heterocycles. The van der Waals surface area contributed by atoms with Gasteiger partial charge in [-0.05, 0) is 0 Å². The zero-order valence-electron chi connectivity index (χ0n) is 21.3. The first kappa shape index (κ1) is 39.7. The Morgan fingerprint density at radius 3 is 1.37 bits per heavy atom. The molecule has 0 radical (unpaired) electrons. The second kappa shape index (κ2) is 15.3. The van der Waals surface area contributed by atoms with Gasteiger partial charge in [-0.1, -0.05) is 3.89 Å². The number of halogens is 14. The van der Waals surface area contributed by atoms with E-state index in [-0.39, 0.29) is 46.2 Å². The third-order valence-corrected chi connectivity index (χ3v) is 6.05. The van der Waals surface area contributed by atoms with Gasteiger partial charge in [-0.25, -0.2) is 8.78 Å². The van der Waals surface area contributed by atoms with Crippen LogP contribution in [0.3, 0.4) is 0 Å². The van der Waals surface area contributed by atoms with E-state index < -0.39 is 84.2 Å². The summed E-state index contributed by atoms with van der Waals surface area (Å²) in [6.07, 6.45) is -24.2. The van der Waals surface area contributed by atoms with Crippen molar-refractivity contribution in [3.8, 4) is 0 Å². The molecule has 0 amide bonds. The number of alkyl halides is 13.